The normalized spacial score (nSPS) is 20.2. The van der Waals surface area contributed by atoms with Gasteiger partial charge in [0.1, 0.15) is 23.3 Å². The zero-order chi connectivity index (χ0) is 21.7. The Balaban J connectivity index is 1.53. The molecule has 1 heterocycles. The summed E-state index contributed by atoms with van der Waals surface area (Å²) in [7, 11) is 1.54. The van der Waals surface area contributed by atoms with Crippen LogP contribution >= 0.6 is 23.2 Å². The van der Waals surface area contributed by atoms with E-state index in [1.165, 1.54) is 0 Å². The van der Waals surface area contributed by atoms with Gasteiger partial charge in [-0.3, -0.25) is 4.90 Å². The van der Waals surface area contributed by atoms with Crippen molar-refractivity contribution in [1.29, 1.82) is 0 Å². The molecule has 8 heteroatoms. The largest absolute Gasteiger partial charge is 0.495 e. The van der Waals surface area contributed by atoms with Crippen molar-refractivity contribution in [1.82, 2.24) is 4.90 Å². The molecule has 0 radical (unpaired) electrons. The third-order valence-corrected chi connectivity index (χ3v) is 5.75. The molecule has 0 saturated carbocycles. The summed E-state index contributed by atoms with van der Waals surface area (Å²) in [4.78, 5) is 2.23. The minimum Gasteiger partial charge on any atom is -0.495 e. The fourth-order valence-electron chi connectivity index (χ4n) is 3.68. The second-order valence-corrected chi connectivity index (χ2v) is 8.41. The fraction of sp³-hybridized carbons (Fsp3) is 0.455. The molecule has 0 amide bonds. The molecule has 1 fully saturated rings. The monoisotopic (exact) mass is 454 g/mol. The van der Waals surface area contributed by atoms with Crippen LogP contribution in [0.1, 0.15) is 25.3 Å². The molecule has 0 spiro atoms. The summed E-state index contributed by atoms with van der Waals surface area (Å²) in [5.74, 6) is 1.08. The lowest BCUT2D eigenvalue weighted by molar-refractivity contribution is 0.0456. The van der Waals surface area contributed by atoms with E-state index >= 15 is 0 Å². The van der Waals surface area contributed by atoms with Crippen LogP contribution in [0.3, 0.4) is 0 Å². The first-order valence-electron chi connectivity index (χ1n) is 9.96. The average molecular weight is 455 g/mol. The topological polar surface area (TPSA) is 74.2 Å². The number of aliphatic hydroxyl groups excluding tert-OH is 1. The maximum Gasteiger partial charge on any atom is 0.146 e. The van der Waals surface area contributed by atoms with Gasteiger partial charge >= 0.3 is 0 Å². The highest BCUT2D eigenvalue weighted by atomic mass is 35.5. The quantitative estimate of drug-likeness (QED) is 0.390. The van der Waals surface area contributed by atoms with Crippen molar-refractivity contribution >= 4 is 28.9 Å². The minimum absolute atomic E-state index is 0.437. The third kappa shape index (κ3) is 5.71. The Bertz CT molecular complexity index is 848. The van der Waals surface area contributed by atoms with E-state index in [0.717, 1.165) is 25.1 Å². The van der Waals surface area contributed by atoms with Crippen LogP contribution in [0.4, 0.5) is 5.69 Å². The Hall–Kier alpha value is -1.70. The van der Waals surface area contributed by atoms with Crippen LogP contribution in [0.5, 0.6) is 11.5 Å². The highest BCUT2D eigenvalue weighted by Crippen LogP contribution is 2.37. The molecule has 2 aromatic rings. The zero-order valence-electron chi connectivity index (χ0n) is 17.2. The van der Waals surface area contributed by atoms with Gasteiger partial charge in [-0.1, -0.05) is 35.3 Å². The van der Waals surface area contributed by atoms with Crippen molar-refractivity contribution in [2.75, 3.05) is 38.7 Å². The SMILES string of the molecule is COc1cc(OCCCN2CCC(O)(c3ccc(Cl)cc3)C2)c(NC(C)O)cc1Cl. The number of benzene rings is 2. The van der Waals surface area contributed by atoms with Crippen LogP contribution in [0.15, 0.2) is 36.4 Å². The third-order valence-electron chi connectivity index (χ3n) is 5.20. The number of nitrogens with one attached hydrogen (secondary N) is 1. The van der Waals surface area contributed by atoms with Crippen LogP contribution in [-0.2, 0) is 5.60 Å². The summed E-state index contributed by atoms with van der Waals surface area (Å²) in [6, 6.07) is 10.8. The lowest BCUT2D eigenvalue weighted by atomic mass is 9.93. The van der Waals surface area contributed by atoms with Gasteiger partial charge in [-0.25, -0.2) is 0 Å². The number of likely N-dealkylation sites (tertiary alicyclic amines) is 1. The molecule has 1 aliphatic rings. The predicted molar refractivity (Wildman–Crippen MR) is 120 cm³/mol. The molecule has 0 aromatic heterocycles. The number of rotatable bonds is 9. The molecule has 30 heavy (non-hydrogen) atoms. The van der Waals surface area contributed by atoms with Gasteiger partial charge in [0.2, 0.25) is 0 Å². The number of hydrogen-bond acceptors (Lipinski definition) is 6. The van der Waals surface area contributed by atoms with E-state index in [0.29, 0.717) is 46.8 Å². The Morgan fingerprint density at radius 3 is 2.60 bits per heavy atom. The molecule has 3 rings (SSSR count). The van der Waals surface area contributed by atoms with Crippen molar-refractivity contribution in [3.05, 3.63) is 52.0 Å². The van der Waals surface area contributed by atoms with Crippen LogP contribution in [0.25, 0.3) is 0 Å². The fourth-order valence-corrected chi connectivity index (χ4v) is 4.04. The smallest absolute Gasteiger partial charge is 0.146 e. The van der Waals surface area contributed by atoms with Crippen LogP contribution < -0.4 is 14.8 Å². The molecule has 0 bridgehead atoms. The average Bonchev–Trinajstić information content (AvgIpc) is 3.09. The highest BCUT2D eigenvalue weighted by molar-refractivity contribution is 6.32. The van der Waals surface area contributed by atoms with Crippen LogP contribution in [0.2, 0.25) is 10.0 Å². The molecular formula is C22H28Cl2N2O4. The van der Waals surface area contributed by atoms with Gasteiger partial charge in [0.25, 0.3) is 0 Å². The predicted octanol–water partition coefficient (Wildman–Crippen LogP) is 4.11. The van der Waals surface area contributed by atoms with Crippen LogP contribution in [0, 0.1) is 0 Å². The lowest BCUT2D eigenvalue weighted by Crippen LogP contribution is -2.31. The van der Waals surface area contributed by atoms with Crippen molar-refractivity contribution in [3.63, 3.8) is 0 Å². The summed E-state index contributed by atoms with van der Waals surface area (Å²) in [5, 5.41) is 24.6. The molecule has 3 N–H and O–H groups in total. The minimum atomic E-state index is -0.844. The summed E-state index contributed by atoms with van der Waals surface area (Å²) in [6.45, 7) is 4.31. The molecule has 2 aromatic carbocycles. The Morgan fingerprint density at radius 1 is 1.20 bits per heavy atom. The number of hydrogen-bond donors (Lipinski definition) is 3. The number of halogens is 2. The first-order chi connectivity index (χ1) is 14.3. The number of ether oxygens (including phenoxy) is 2. The second kappa shape index (κ2) is 10.1. The molecule has 2 atom stereocenters. The lowest BCUT2D eigenvalue weighted by Gasteiger charge is -2.24. The zero-order valence-corrected chi connectivity index (χ0v) is 18.7. The van der Waals surface area contributed by atoms with E-state index in [-0.39, 0.29) is 0 Å². The number of anilines is 1. The van der Waals surface area contributed by atoms with Gasteiger partial charge in [0.15, 0.2) is 0 Å². The highest BCUT2D eigenvalue weighted by Gasteiger charge is 2.37. The molecule has 6 nitrogen and oxygen atoms in total. The van der Waals surface area contributed by atoms with E-state index in [4.69, 9.17) is 32.7 Å². The number of aliphatic hydroxyl groups is 2. The Morgan fingerprint density at radius 2 is 1.93 bits per heavy atom. The van der Waals surface area contributed by atoms with Gasteiger partial charge in [-0.05, 0) is 43.5 Å². The van der Waals surface area contributed by atoms with E-state index in [2.05, 4.69) is 10.2 Å². The molecular weight excluding hydrogens is 427 g/mol. The van der Waals surface area contributed by atoms with Gasteiger partial charge in [0.05, 0.1) is 24.4 Å². The van der Waals surface area contributed by atoms with Gasteiger partial charge in [-0.15, -0.1) is 0 Å². The molecule has 1 aliphatic heterocycles. The summed E-state index contributed by atoms with van der Waals surface area (Å²) < 4.78 is 11.2. The second-order valence-electron chi connectivity index (χ2n) is 7.57. The number of β-amino-alcohol motifs (C(OH)–C–C–N with tert-alkyl or cyclic N) is 1. The summed E-state index contributed by atoms with van der Waals surface area (Å²) in [5.41, 5.74) is 0.658. The molecule has 164 valence electrons. The maximum atomic E-state index is 11.0. The van der Waals surface area contributed by atoms with Crippen molar-refractivity contribution < 1.29 is 19.7 Å². The van der Waals surface area contributed by atoms with Crippen molar-refractivity contribution in [2.24, 2.45) is 0 Å². The number of methoxy groups -OCH3 is 1. The first-order valence-corrected chi connectivity index (χ1v) is 10.7. The standard InChI is InChI=1S/C22H28Cl2N2O4/c1-15(27)25-19-12-18(24)20(29-2)13-21(19)30-11-3-9-26-10-8-22(28,14-26)16-4-6-17(23)7-5-16/h4-7,12-13,15,25,27-28H,3,8-11,14H2,1-2H3. The van der Waals surface area contributed by atoms with E-state index in [1.807, 2.05) is 24.3 Å². The maximum absolute atomic E-state index is 11.0. The molecule has 0 aliphatic carbocycles. The van der Waals surface area contributed by atoms with Gasteiger partial charge < -0.3 is 25.0 Å². The Labute approximate surface area is 187 Å². The first kappa shape index (κ1) is 23.0. The summed E-state index contributed by atoms with van der Waals surface area (Å²) in [6.07, 6.45) is 0.731. The van der Waals surface area contributed by atoms with Gasteiger partial charge in [-0.2, -0.15) is 0 Å². The van der Waals surface area contributed by atoms with E-state index in [1.54, 1.807) is 26.2 Å². The Kier molecular flexibility index (Phi) is 7.71. The van der Waals surface area contributed by atoms with Crippen molar-refractivity contribution in [2.45, 2.75) is 31.6 Å². The number of nitrogens with zero attached hydrogens (tertiary/aromatic N) is 1. The summed E-state index contributed by atoms with van der Waals surface area (Å²) >= 11 is 12.1. The molecule has 2 unspecified atom stereocenters. The van der Waals surface area contributed by atoms with Gasteiger partial charge in [0, 0.05) is 30.7 Å². The van der Waals surface area contributed by atoms with E-state index < -0.39 is 11.8 Å². The molecule has 1 saturated heterocycles. The van der Waals surface area contributed by atoms with Crippen molar-refractivity contribution in [3.8, 4) is 11.5 Å². The van der Waals surface area contributed by atoms with E-state index in [9.17, 15) is 10.2 Å². The van der Waals surface area contributed by atoms with Crippen LogP contribution in [-0.4, -0.2) is 54.7 Å².